The van der Waals surface area contributed by atoms with Gasteiger partial charge in [-0.15, -0.1) is 11.3 Å². The maximum absolute atomic E-state index is 13.3. The third kappa shape index (κ3) is 4.33. The van der Waals surface area contributed by atoms with Crippen LogP contribution < -0.4 is 5.14 Å². The van der Waals surface area contributed by atoms with E-state index in [0.29, 0.717) is 18.4 Å². The Kier molecular flexibility index (Phi) is 6.13. The number of benzene rings is 2. The summed E-state index contributed by atoms with van der Waals surface area (Å²) < 4.78 is 26.7. The average Bonchev–Trinajstić information content (AvgIpc) is 3.53. The van der Waals surface area contributed by atoms with Crippen molar-refractivity contribution in [3.05, 3.63) is 53.3 Å². The van der Waals surface area contributed by atoms with E-state index in [2.05, 4.69) is 22.5 Å². The van der Waals surface area contributed by atoms with Crippen molar-refractivity contribution < 1.29 is 13.2 Å². The normalized spacial score (nSPS) is 16.6. The van der Waals surface area contributed by atoms with Crippen LogP contribution in [0.25, 0.3) is 21.3 Å². The number of sulfonamides is 1. The number of imidazole rings is 1. The van der Waals surface area contributed by atoms with Crippen LogP contribution in [0.15, 0.2) is 47.4 Å². The monoisotopic (exact) mass is 497 g/mol. The molecule has 0 unspecified atom stereocenters. The van der Waals surface area contributed by atoms with Gasteiger partial charge in [-0.05, 0) is 49.6 Å². The zero-order valence-corrected chi connectivity index (χ0v) is 20.6. The zero-order valence-electron chi connectivity index (χ0n) is 19.0. The second-order valence-corrected chi connectivity index (χ2v) is 11.3. The molecule has 5 rings (SSSR count). The maximum atomic E-state index is 13.3. The number of thiazole rings is 1. The Hall–Kier alpha value is -2.82. The van der Waals surface area contributed by atoms with Crippen LogP contribution in [0.1, 0.15) is 49.5 Å². The first kappa shape index (κ1) is 22.9. The number of fused-ring (bicyclic) bond motifs is 2. The third-order valence-electron chi connectivity index (χ3n) is 6.31. The van der Waals surface area contributed by atoms with Crippen molar-refractivity contribution in [1.82, 2.24) is 19.4 Å². The Morgan fingerprint density at radius 3 is 2.76 bits per heavy atom. The van der Waals surface area contributed by atoms with Gasteiger partial charge >= 0.3 is 0 Å². The van der Waals surface area contributed by atoms with E-state index in [0.717, 1.165) is 58.9 Å². The first-order chi connectivity index (χ1) is 16.3. The summed E-state index contributed by atoms with van der Waals surface area (Å²) in [6.45, 7) is 3.56. The molecular weight excluding hydrogens is 470 g/mol. The standard InChI is InChI=1S/C24H27N5O3S2/c1-2-13-28-19-10-9-16(34(25,31)32)15-18(19)26-22(28)11-12-23(30)29-14-5-7-20(29)24-27-17-6-3-4-8-21(17)33-24/h3-4,6,8-10,15,20H,2,5,7,11-14H2,1H3,(H2,25,31,32)/t20-/m0/s1. The predicted octanol–water partition coefficient (Wildman–Crippen LogP) is 4.00. The lowest BCUT2D eigenvalue weighted by Gasteiger charge is -2.23. The van der Waals surface area contributed by atoms with E-state index in [1.165, 1.54) is 12.1 Å². The summed E-state index contributed by atoms with van der Waals surface area (Å²) in [5.41, 5.74) is 2.41. The lowest BCUT2D eigenvalue weighted by Crippen LogP contribution is -2.30. The highest BCUT2D eigenvalue weighted by atomic mass is 32.2. The van der Waals surface area contributed by atoms with Crippen molar-refractivity contribution in [2.75, 3.05) is 6.54 Å². The van der Waals surface area contributed by atoms with Crippen LogP contribution in [0.2, 0.25) is 0 Å². The number of amides is 1. The molecule has 34 heavy (non-hydrogen) atoms. The number of primary sulfonamides is 1. The molecule has 0 radical (unpaired) electrons. The number of para-hydroxylation sites is 1. The molecule has 178 valence electrons. The van der Waals surface area contributed by atoms with E-state index in [1.807, 2.05) is 23.1 Å². The average molecular weight is 498 g/mol. The molecule has 0 bridgehead atoms. The SMILES string of the molecule is CCCn1c(CCC(=O)N2CCC[C@H]2c2nc3ccccc3s2)nc2cc(S(N)(=O)=O)ccc21. The van der Waals surface area contributed by atoms with Crippen LogP contribution in [-0.4, -0.2) is 40.3 Å². The topological polar surface area (TPSA) is 111 Å². The van der Waals surface area contributed by atoms with Gasteiger partial charge < -0.3 is 9.47 Å². The van der Waals surface area contributed by atoms with Gasteiger partial charge in [-0.1, -0.05) is 19.1 Å². The highest BCUT2D eigenvalue weighted by Crippen LogP contribution is 2.37. The molecule has 2 N–H and O–H groups in total. The summed E-state index contributed by atoms with van der Waals surface area (Å²) >= 11 is 1.66. The van der Waals surface area contributed by atoms with E-state index in [4.69, 9.17) is 10.1 Å². The van der Waals surface area contributed by atoms with E-state index in [1.54, 1.807) is 17.4 Å². The third-order valence-corrected chi connectivity index (χ3v) is 8.35. The molecule has 0 spiro atoms. The summed E-state index contributed by atoms with van der Waals surface area (Å²) in [5.74, 6) is 0.884. The Morgan fingerprint density at radius 2 is 2.00 bits per heavy atom. The minimum atomic E-state index is -3.80. The lowest BCUT2D eigenvalue weighted by molar-refractivity contribution is -0.132. The van der Waals surface area contributed by atoms with E-state index < -0.39 is 10.0 Å². The van der Waals surface area contributed by atoms with Crippen LogP contribution in [0.5, 0.6) is 0 Å². The lowest BCUT2D eigenvalue weighted by atomic mass is 10.2. The molecule has 0 aliphatic carbocycles. The summed E-state index contributed by atoms with van der Waals surface area (Å²) in [7, 11) is -3.80. The predicted molar refractivity (Wildman–Crippen MR) is 133 cm³/mol. The van der Waals surface area contributed by atoms with E-state index in [-0.39, 0.29) is 16.8 Å². The fourth-order valence-corrected chi connectivity index (χ4v) is 6.37. The molecule has 3 heterocycles. The quantitative estimate of drug-likeness (QED) is 0.415. The summed E-state index contributed by atoms with van der Waals surface area (Å²) in [6.07, 6.45) is 3.63. The van der Waals surface area contributed by atoms with E-state index in [9.17, 15) is 13.2 Å². The molecule has 1 saturated heterocycles. The fourth-order valence-electron chi connectivity index (χ4n) is 4.72. The molecule has 0 saturated carbocycles. The zero-order chi connectivity index (χ0) is 23.9. The van der Waals surface area contributed by atoms with Crippen molar-refractivity contribution >= 4 is 48.5 Å². The van der Waals surface area contributed by atoms with Gasteiger partial charge in [0.25, 0.3) is 0 Å². The van der Waals surface area contributed by atoms with Gasteiger partial charge in [0.2, 0.25) is 15.9 Å². The van der Waals surface area contributed by atoms with Crippen molar-refractivity contribution in [3.63, 3.8) is 0 Å². The molecule has 1 aliphatic heterocycles. The number of nitrogens with two attached hydrogens (primary N) is 1. The van der Waals surface area contributed by atoms with Crippen LogP contribution >= 0.6 is 11.3 Å². The van der Waals surface area contributed by atoms with Crippen LogP contribution in [0, 0.1) is 0 Å². The van der Waals surface area contributed by atoms with Gasteiger partial charge in [-0.25, -0.2) is 23.5 Å². The second-order valence-electron chi connectivity index (χ2n) is 8.64. The van der Waals surface area contributed by atoms with Crippen molar-refractivity contribution in [1.29, 1.82) is 0 Å². The Labute approximate surface area is 202 Å². The van der Waals surface area contributed by atoms with E-state index >= 15 is 0 Å². The van der Waals surface area contributed by atoms with Crippen molar-refractivity contribution in [3.8, 4) is 0 Å². The van der Waals surface area contributed by atoms with Gasteiger partial charge in [-0.3, -0.25) is 4.79 Å². The van der Waals surface area contributed by atoms with Crippen LogP contribution in [-0.2, 0) is 27.8 Å². The number of hydrogen-bond acceptors (Lipinski definition) is 6. The fraction of sp³-hybridized carbons (Fsp3) is 0.375. The Morgan fingerprint density at radius 1 is 1.18 bits per heavy atom. The number of aryl methyl sites for hydroxylation is 2. The minimum Gasteiger partial charge on any atom is -0.333 e. The highest BCUT2D eigenvalue weighted by Gasteiger charge is 2.32. The van der Waals surface area contributed by atoms with Crippen LogP contribution in [0.3, 0.4) is 0 Å². The number of hydrogen-bond donors (Lipinski definition) is 1. The highest BCUT2D eigenvalue weighted by molar-refractivity contribution is 7.89. The second kappa shape index (κ2) is 9.09. The molecule has 1 amide bonds. The molecular formula is C24H27N5O3S2. The van der Waals surface area contributed by atoms with Gasteiger partial charge in [0.15, 0.2) is 0 Å². The molecule has 10 heteroatoms. The first-order valence-corrected chi connectivity index (χ1v) is 13.9. The number of rotatable bonds is 7. The maximum Gasteiger partial charge on any atom is 0.238 e. The van der Waals surface area contributed by atoms with Gasteiger partial charge in [-0.2, -0.15) is 0 Å². The van der Waals surface area contributed by atoms with Gasteiger partial charge in [0.05, 0.1) is 32.2 Å². The van der Waals surface area contributed by atoms with Crippen molar-refractivity contribution in [2.24, 2.45) is 5.14 Å². The van der Waals surface area contributed by atoms with Gasteiger partial charge in [0, 0.05) is 25.9 Å². The number of likely N-dealkylation sites (tertiary alicyclic amines) is 1. The van der Waals surface area contributed by atoms with Crippen molar-refractivity contribution in [2.45, 2.75) is 56.5 Å². The number of aromatic nitrogens is 3. The minimum absolute atomic E-state index is 0.0247. The largest absolute Gasteiger partial charge is 0.333 e. The first-order valence-electron chi connectivity index (χ1n) is 11.5. The van der Waals surface area contributed by atoms with Crippen LogP contribution in [0.4, 0.5) is 0 Å². The number of carbonyl (C=O) groups excluding carboxylic acids is 1. The molecule has 1 aliphatic rings. The molecule has 8 nitrogen and oxygen atoms in total. The molecule has 2 aromatic carbocycles. The summed E-state index contributed by atoms with van der Waals surface area (Å²) in [4.78, 5) is 24.7. The molecule has 1 atom stereocenters. The molecule has 4 aromatic rings. The molecule has 2 aromatic heterocycles. The number of carbonyl (C=O) groups is 1. The Bertz CT molecular complexity index is 1440. The molecule has 1 fully saturated rings. The summed E-state index contributed by atoms with van der Waals surface area (Å²) in [5, 5.41) is 6.29. The Balaban J connectivity index is 1.36. The number of nitrogens with zero attached hydrogens (tertiary/aromatic N) is 4. The summed E-state index contributed by atoms with van der Waals surface area (Å²) in [6, 6.07) is 12.9. The smallest absolute Gasteiger partial charge is 0.238 e. The van der Waals surface area contributed by atoms with Gasteiger partial charge in [0.1, 0.15) is 10.8 Å².